The first-order valence-corrected chi connectivity index (χ1v) is 13.9. The Balaban J connectivity index is 1.59. The first kappa shape index (κ1) is 27.6. The lowest BCUT2D eigenvalue weighted by Crippen LogP contribution is -2.38. The Morgan fingerprint density at radius 1 is 0.972 bits per heavy atom. The number of nitrogens with one attached hydrogen (secondary N) is 1. The van der Waals surface area contributed by atoms with Crippen LogP contribution in [0.25, 0.3) is 0 Å². The molecule has 0 saturated carbocycles. The molecule has 0 unspecified atom stereocenters. The van der Waals surface area contributed by atoms with Gasteiger partial charge in [0.05, 0.1) is 32.7 Å². The van der Waals surface area contributed by atoms with E-state index in [2.05, 4.69) is 5.32 Å². The predicted octanol–water partition coefficient (Wildman–Crippen LogP) is 3.40. The molecule has 1 N–H and O–H groups in total. The maximum atomic E-state index is 12.9. The zero-order chi connectivity index (χ0) is 26.1. The van der Waals surface area contributed by atoms with Gasteiger partial charge in [-0.15, -0.1) is 0 Å². The molecule has 0 atom stereocenters. The molecule has 9 nitrogen and oxygen atoms in total. The van der Waals surface area contributed by atoms with E-state index in [-0.39, 0.29) is 18.2 Å². The number of hydrogen-bond acceptors (Lipinski definition) is 7. The fourth-order valence-corrected chi connectivity index (χ4v) is 5.55. The van der Waals surface area contributed by atoms with Crippen LogP contribution < -0.4 is 24.3 Å². The molecule has 0 spiro atoms. The smallest absolute Gasteiger partial charge is 0.251 e. The number of benzene rings is 2. The average molecular weight is 521 g/mol. The van der Waals surface area contributed by atoms with Crippen LogP contribution >= 0.6 is 0 Å². The summed E-state index contributed by atoms with van der Waals surface area (Å²) in [5, 5.41) is 2.81. The van der Waals surface area contributed by atoms with Crippen LogP contribution in [0.2, 0.25) is 0 Å². The minimum Gasteiger partial charge on any atom is -0.497 e. The second kappa shape index (κ2) is 12.8. The number of ether oxygens (including phenoxy) is 4. The summed E-state index contributed by atoms with van der Waals surface area (Å²) in [7, 11) is -1.83. The summed E-state index contributed by atoms with van der Waals surface area (Å²) in [5.74, 6) is 1.72. The van der Waals surface area contributed by atoms with Crippen molar-refractivity contribution in [2.45, 2.75) is 40.2 Å². The number of carbonyl (C=O) groups is 1. The van der Waals surface area contributed by atoms with Crippen LogP contribution in [0.3, 0.4) is 0 Å². The number of rotatable bonds is 13. The van der Waals surface area contributed by atoms with Gasteiger partial charge in [0, 0.05) is 25.2 Å². The Labute approximate surface area is 213 Å². The standard InChI is InChI=1S/C26H36N2O7S/c1-5-33-23-16-21(17-24(34-6-2)25(23)35-7-3)26(29)27-12-8-14-36(30,31)28-13-11-19-15-22(32-4)10-9-20(19)18-28/h9-10,15-17H,5-8,11-14,18H2,1-4H3,(H,27,29). The van der Waals surface area contributed by atoms with E-state index in [1.165, 1.54) is 4.31 Å². The van der Waals surface area contributed by atoms with Gasteiger partial charge >= 0.3 is 0 Å². The maximum Gasteiger partial charge on any atom is 0.251 e. The number of nitrogens with zero attached hydrogens (tertiary/aromatic N) is 1. The van der Waals surface area contributed by atoms with E-state index in [0.717, 1.165) is 16.9 Å². The van der Waals surface area contributed by atoms with Gasteiger partial charge in [-0.3, -0.25) is 4.79 Å². The van der Waals surface area contributed by atoms with Crippen molar-refractivity contribution in [2.24, 2.45) is 0 Å². The highest BCUT2D eigenvalue weighted by atomic mass is 32.2. The first-order chi connectivity index (χ1) is 17.3. The lowest BCUT2D eigenvalue weighted by molar-refractivity contribution is 0.0952. The number of sulfonamides is 1. The topological polar surface area (TPSA) is 103 Å². The van der Waals surface area contributed by atoms with Crippen molar-refractivity contribution >= 4 is 15.9 Å². The maximum absolute atomic E-state index is 12.9. The summed E-state index contributed by atoms with van der Waals surface area (Å²) in [6, 6.07) is 8.95. The average Bonchev–Trinajstić information content (AvgIpc) is 2.87. The molecule has 10 heteroatoms. The summed E-state index contributed by atoms with van der Waals surface area (Å²) in [5.41, 5.74) is 2.46. The third-order valence-corrected chi connectivity index (χ3v) is 7.72. The first-order valence-electron chi connectivity index (χ1n) is 12.3. The van der Waals surface area contributed by atoms with Crippen LogP contribution in [-0.4, -0.2) is 64.4 Å². The van der Waals surface area contributed by atoms with E-state index in [1.54, 1.807) is 19.2 Å². The molecular formula is C26H36N2O7S. The summed E-state index contributed by atoms with van der Waals surface area (Å²) in [6.45, 7) is 7.80. The molecule has 36 heavy (non-hydrogen) atoms. The van der Waals surface area contributed by atoms with Crippen molar-refractivity contribution < 1.29 is 32.2 Å². The lowest BCUT2D eigenvalue weighted by atomic mass is 10.0. The van der Waals surface area contributed by atoms with Crippen LogP contribution in [0.4, 0.5) is 0 Å². The number of carbonyl (C=O) groups excluding carboxylic acids is 1. The van der Waals surface area contributed by atoms with Crippen molar-refractivity contribution in [1.29, 1.82) is 0 Å². The van der Waals surface area contributed by atoms with Crippen LogP contribution in [0, 0.1) is 0 Å². The van der Waals surface area contributed by atoms with Crippen LogP contribution in [-0.2, 0) is 23.0 Å². The molecule has 2 aromatic carbocycles. The van der Waals surface area contributed by atoms with E-state index in [0.29, 0.717) is 68.6 Å². The highest BCUT2D eigenvalue weighted by molar-refractivity contribution is 7.89. The van der Waals surface area contributed by atoms with Gasteiger partial charge in [-0.25, -0.2) is 8.42 Å². The Bertz CT molecular complexity index is 1120. The van der Waals surface area contributed by atoms with E-state index >= 15 is 0 Å². The number of fused-ring (bicyclic) bond motifs is 1. The quantitative estimate of drug-likeness (QED) is 0.404. The fourth-order valence-electron chi connectivity index (χ4n) is 4.08. The van der Waals surface area contributed by atoms with Gasteiger partial charge in [-0.1, -0.05) is 6.07 Å². The summed E-state index contributed by atoms with van der Waals surface area (Å²) < 4.78 is 49.6. The second-order valence-electron chi connectivity index (χ2n) is 8.24. The number of amides is 1. The normalized spacial score (nSPS) is 13.6. The molecule has 2 aromatic rings. The van der Waals surface area contributed by atoms with E-state index in [4.69, 9.17) is 18.9 Å². The van der Waals surface area contributed by atoms with Crippen molar-refractivity contribution in [3.05, 3.63) is 47.0 Å². The molecule has 1 heterocycles. The third-order valence-electron chi connectivity index (χ3n) is 5.82. The fraction of sp³-hybridized carbons (Fsp3) is 0.500. The van der Waals surface area contributed by atoms with Crippen molar-refractivity contribution in [3.63, 3.8) is 0 Å². The molecule has 1 aliphatic heterocycles. The lowest BCUT2D eigenvalue weighted by Gasteiger charge is -2.28. The molecule has 0 radical (unpaired) electrons. The molecule has 0 aromatic heterocycles. The molecule has 0 bridgehead atoms. The van der Waals surface area contributed by atoms with E-state index < -0.39 is 10.0 Å². The van der Waals surface area contributed by atoms with Gasteiger partial charge in [0.25, 0.3) is 5.91 Å². The van der Waals surface area contributed by atoms with E-state index in [9.17, 15) is 13.2 Å². The summed E-state index contributed by atoms with van der Waals surface area (Å²) in [6.07, 6.45) is 0.943. The zero-order valence-corrected chi connectivity index (χ0v) is 22.3. The molecule has 3 rings (SSSR count). The van der Waals surface area contributed by atoms with Crippen molar-refractivity contribution in [1.82, 2.24) is 9.62 Å². The molecule has 1 aliphatic rings. The number of hydrogen-bond donors (Lipinski definition) is 1. The minimum absolute atomic E-state index is 0.0452. The van der Waals surface area contributed by atoms with Gasteiger partial charge < -0.3 is 24.3 Å². The Hall–Kier alpha value is -2.98. The molecule has 0 aliphatic carbocycles. The van der Waals surface area contributed by atoms with Crippen molar-refractivity contribution in [3.8, 4) is 23.0 Å². The third kappa shape index (κ3) is 6.82. The summed E-state index contributed by atoms with van der Waals surface area (Å²) >= 11 is 0. The molecule has 0 saturated heterocycles. The SMILES string of the molecule is CCOc1cc(C(=O)NCCCS(=O)(=O)N2CCc3cc(OC)ccc3C2)cc(OCC)c1OCC. The minimum atomic E-state index is -3.45. The van der Waals surface area contributed by atoms with Crippen LogP contribution in [0.1, 0.15) is 48.7 Å². The Morgan fingerprint density at radius 2 is 1.64 bits per heavy atom. The monoisotopic (exact) mass is 520 g/mol. The van der Waals surface area contributed by atoms with Gasteiger partial charge in [-0.2, -0.15) is 4.31 Å². The van der Waals surface area contributed by atoms with Gasteiger partial charge in [0.2, 0.25) is 15.8 Å². The van der Waals surface area contributed by atoms with E-state index in [1.807, 2.05) is 39.0 Å². The van der Waals surface area contributed by atoms with Crippen LogP contribution in [0.5, 0.6) is 23.0 Å². The highest BCUT2D eigenvalue weighted by Gasteiger charge is 2.26. The molecular weight excluding hydrogens is 484 g/mol. The Morgan fingerprint density at radius 3 is 2.25 bits per heavy atom. The molecule has 198 valence electrons. The second-order valence-corrected chi connectivity index (χ2v) is 10.3. The highest BCUT2D eigenvalue weighted by Crippen LogP contribution is 2.39. The van der Waals surface area contributed by atoms with Crippen molar-refractivity contribution in [2.75, 3.05) is 45.8 Å². The van der Waals surface area contributed by atoms with Gasteiger partial charge in [0.1, 0.15) is 5.75 Å². The summed E-state index contributed by atoms with van der Waals surface area (Å²) in [4.78, 5) is 12.8. The number of methoxy groups -OCH3 is 1. The zero-order valence-electron chi connectivity index (χ0n) is 21.5. The largest absolute Gasteiger partial charge is 0.497 e. The molecule has 0 fully saturated rings. The predicted molar refractivity (Wildman–Crippen MR) is 138 cm³/mol. The Kier molecular flexibility index (Phi) is 9.83. The molecule has 1 amide bonds. The van der Waals surface area contributed by atoms with Crippen LogP contribution in [0.15, 0.2) is 30.3 Å². The van der Waals surface area contributed by atoms with Gasteiger partial charge in [-0.05, 0) is 69.0 Å². The van der Waals surface area contributed by atoms with Gasteiger partial charge in [0.15, 0.2) is 11.5 Å².